The molecule has 1 heterocycles. The van der Waals surface area contributed by atoms with E-state index in [0.717, 1.165) is 28.6 Å². The minimum absolute atomic E-state index is 0.249. The van der Waals surface area contributed by atoms with Gasteiger partial charge in [0.1, 0.15) is 0 Å². The molecule has 4 heteroatoms. The SMILES string of the molecule is CC1CC1Nc1cc(N)c(C(=O)C2CC2)s1. The predicted molar refractivity (Wildman–Crippen MR) is 67.0 cm³/mol. The van der Waals surface area contributed by atoms with E-state index in [9.17, 15) is 4.79 Å². The zero-order valence-corrected chi connectivity index (χ0v) is 10.1. The summed E-state index contributed by atoms with van der Waals surface area (Å²) in [5, 5.41) is 4.48. The van der Waals surface area contributed by atoms with Crippen molar-refractivity contribution < 1.29 is 4.79 Å². The lowest BCUT2D eigenvalue weighted by atomic mass is 10.2. The van der Waals surface area contributed by atoms with Crippen LogP contribution in [-0.4, -0.2) is 11.8 Å². The Morgan fingerprint density at radius 2 is 2.25 bits per heavy atom. The van der Waals surface area contributed by atoms with Gasteiger partial charge in [-0.3, -0.25) is 4.79 Å². The maximum atomic E-state index is 11.9. The molecular weight excluding hydrogens is 220 g/mol. The minimum atomic E-state index is 0.249. The smallest absolute Gasteiger partial charge is 0.178 e. The highest BCUT2D eigenvalue weighted by molar-refractivity contribution is 7.18. The molecule has 0 amide bonds. The standard InChI is InChI=1S/C12H16N2OS/c1-6-4-9(6)14-10-5-8(13)12(16-10)11(15)7-2-3-7/h5-7,9,14H,2-4,13H2,1H3. The second-order valence-corrected chi connectivity index (χ2v) is 6.05. The number of nitrogens with one attached hydrogen (secondary N) is 1. The van der Waals surface area contributed by atoms with Gasteiger partial charge in [0.25, 0.3) is 0 Å². The molecule has 2 atom stereocenters. The van der Waals surface area contributed by atoms with Crippen LogP contribution in [-0.2, 0) is 0 Å². The predicted octanol–water partition coefficient (Wildman–Crippen LogP) is 2.74. The number of hydrogen-bond acceptors (Lipinski definition) is 4. The van der Waals surface area contributed by atoms with Crippen LogP contribution < -0.4 is 11.1 Å². The Bertz CT molecular complexity index is 436. The molecule has 0 bridgehead atoms. The van der Waals surface area contributed by atoms with Gasteiger partial charge < -0.3 is 11.1 Å². The normalized spacial score (nSPS) is 27.8. The molecule has 3 rings (SSSR count). The Kier molecular flexibility index (Phi) is 2.21. The molecule has 2 aliphatic carbocycles. The average molecular weight is 236 g/mol. The van der Waals surface area contributed by atoms with Gasteiger partial charge in [0.05, 0.1) is 15.6 Å². The van der Waals surface area contributed by atoms with E-state index >= 15 is 0 Å². The van der Waals surface area contributed by atoms with Crippen molar-refractivity contribution in [3.8, 4) is 0 Å². The van der Waals surface area contributed by atoms with Crippen LogP contribution in [0.1, 0.15) is 35.9 Å². The molecule has 0 saturated heterocycles. The van der Waals surface area contributed by atoms with Crippen molar-refractivity contribution in [2.75, 3.05) is 11.1 Å². The van der Waals surface area contributed by atoms with E-state index < -0.39 is 0 Å². The molecule has 1 aromatic rings. The van der Waals surface area contributed by atoms with Crippen LogP contribution in [0, 0.1) is 11.8 Å². The summed E-state index contributed by atoms with van der Waals surface area (Å²) in [6.07, 6.45) is 3.31. The molecule has 0 aromatic carbocycles. The average Bonchev–Trinajstić information content (AvgIpc) is 3.11. The van der Waals surface area contributed by atoms with Gasteiger partial charge in [0.15, 0.2) is 5.78 Å². The number of rotatable bonds is 4. The molecule has 0 spiro atoms. The fourth-order valence-corrected chi connectivity index (χ4v) is 2.97. The summed E-state index contributed by atoms with van der Waals surface area (Å²) >= 11 is 1.52. The van der Waals surface area contributed by atoms with Crippen LogP contribution in [0.4, 0.5) is 10.7 Å². The molecule has 2 saturated carbocycles. The summed E-state index contributed by atoms with van der Waals surface area (Å²) in [5.74, 6) is 1.26. The summed E-state index contributed by atoms with van der Waals surface area (Å²) in [6, 6.07) is 2.49. The molecule has 3 N–H and O–H groups in total. The maximum absolute atomic E-state index is 11.9. The van der Waals surface area contributed by atoms with Crippen molar-refractivity contribution in [1.82, 2.24) is 0 Å². The monoisotopic (exact) mass is 236 g/mol. The zero-order valence-electron chi connectivity index (χ0n) is 9.32. The van der Waals surface area contributed by atoms with Gasteiger partial charge in [-0.05, 0) is 31.2 Å². The molecular formula is C12H16N2OS. The van der Waals surface area contributed by atoms with Crippen molar-refractivity contribution in [2.45, 2.75) is 32.2 Å². The van der Waals surface area contributed by atoms with E-state index in [2.05, 4.69) is 12.2 Å². The first kappa shape index (κ1) is 10.1. The lowest BCUT2D eigenvalue weighted by molar-refractivity contribution is 0.0972. The van der Waals surface area contributed by atoms with Gasteiger partial charge in [-0.2, -0.15) is 0 Å². The van der Waals surface area contributed by atoms with Gasteiger partial charge in [-0.25, -0.2) is 0 Å². The first-order valence-corrected chi connectivity index (χ1v) is 6.67. The highest BCUT2D eigenvalue weighted by Crippen LogP contribution is 2.40. The van der Waals surface area contributed by atoms with Gasteiger partial charge in [0, 0.05) is 12.0 Å². The van der Waals surface area contributed by atoms with Gasteiger partial charge >= 0.3 is 0 Å². The minimum Gasteiger partial charge on any atom is -0.397 e. The first-order valence-electron chi connectivity index (χ1n) is 5.85. The third kappa shape index (κ3) is 1.82. The molecule has 86 valence electrons. The van der Waals surface area contributed by atoms with E-state index in [1.54, 1.807) is 0 Å². The Morgan fingerprint density at radius 3 is 2.81 bits per heavy atom. The number of carbonyl (C=O) groups is 1. The van der Waals surface area contributed by atoms with Gasteiger partial charge in [0.2, 0.25) is 0 Å². The number of hydrogen-bond donors (Lipinski definition) is 2. The Balaban J connectivity index is 1.75. The molecule has 2 unspecified atom stereocenters. The van der Waals surface area contributed by atoms with Crippen molar-refractivity contribution in [1.29, 1.82) is 0 Å². The molecule has 1 aromatic heterocycles. The number of carbonyl (C=O) groups excluding carboxylic acids is 1. The second-order valence-electron chi connectivity index (χ2n) is 5.00. The highest BCUT2D eigenvalue weighted by atomic mass is 32.1. The Labute approximate surface area is 99.0 Å². The van der Waals surface area contributed by atoms with Gasteiger partial charge in [-0.15, -0.1) is 11.3 Å². The molecule has 2 aliphatic rings. The molecule has 3 nitrogen and oxygen atoms in total. The number of thiophene rings is 1. The summed E-state index contributed by atoms with van der Waals surface area (Å²) in [5.41, 5.74) is 6.54. The van der Waals surface area contributed by atoms with Crippen LogP contribution in [0.15, 0.2) is 6.07 Å². The van der Waals surface area contributed by atoms with E-state index in [1.165, 1.54) is 17.8 Å². The molecule has 0 aliphatic heterocycles. The summed E-state index contributed by atoms with van der Waals surface area (Å²) in [4.78, 5) is 12.7. The third-order valence-electron chi connectivity index (χ3n) is 3.37. The molecule has 16 heavy (non-hydrogen) atoms. The van der Waals surface area contributed by atoms with Crippen molar-refractivity contribution >= 4 is 27.8 Å². The number of ketones is 1. The fourth-order valence-electron chi connectivity index (χ4n) is 1.91. The molecule has 2 fully saturated rings. The van der Waals surface area contributed by atoms with Crippen LogP contribution in [0.5, 0.6) is 0 Å². The lowest BCUT2D eigenvalue weighted by Gasteiger charge is -1.99. The third-order valence-corrected chi connectivity index (χ3v) is 4.47. The van der Waals surface area contributed by atoms with Crippen molar-refractivity contribution in [3.63, 3.8) is 0 Å². The van der Waals surface area contributed by atoms with E-state index in [1.807, 2.05) is 6.07 Å². The second kappa shape index (κ2) is 3.48. The molecule has 0 radical (unpaired) electrons. The Hall–Kier alpha value is -1.03. The Morgan fingerprint density at radius 1 is 1.56 bits per heavy atom. The highest BCUT2D eigenvalue weighted by Gasteiger charge is 2.35. The number of Topliss-reactive ketones (excluding diaryl/α,β-unsaturated/α-hetero) is 1. The van der Waals surface area contributed by atoms with Crippen molar-refractivity contribution in [2.24, 2.45) is 11.8 Å². The largest absolute Gasteiger partial charge is 0.397 e. The fraction of sp³-hybridized carbons (Fsp3) is 0.583. The van der Waals surface area contributed by atoms with Crippen molar-refractivity contribution in [3.05, 3.63) is 10.9 Å². The maximum Gasteiger partial charge on any atom is 0.178 e. The zero-order chi connectivity index (χ0) is 11.3. The number of nitrogen functional groups attached to an aromatic ring is 1. The van der Waals surface area contributed by atoms with E-state index in [0.29, 0.717) is 11.7 Å². The van der Waals surface area contributed by atoms with Crippen LogP contribution in [0.2, 0.25) is 0 Å². The summed E-state index contributed by atoms with van der Waals surface area (Å²) < 4.78 is 0. The topological polar surface area (TPSA) is 55.1 Å². The lowest BCUT2D eigenvalue weighted by Crippen LogP contribution is -2.01. The van der Waals surface area contributed by atoms with E-state index in [4.69, 9.17) is 5.73 Å². The first-order chi connectivity index (χ1) is 7.65. The number of anilines is 2. The van der Waals surface area contributed by atoms with Crippen LogP contribution in [0.3, 0.4) is 0 Å². The van der Waals surface area contributed by atoms with Crippen LogP contribution in [0.25, 0.3) is 0 Å². The summed E-state index contributed by atoms with van der Waals surface area (Å²) in [7, 11) is 0. The number of nitrogens with two attached hydrogens (primary N) is 1. The van der Waals surface area contributed by atoms with Gasteiger partial charge in [-0.1, -0.05) is 6.92 Å². The summed E-state index contributed by atoms with van der Waals surface area (Å²) in [6.45, 7) is 2.23. The van der Waals surface area contributed by atoms with E-state index in [-0.39, 0.29) is 11.7 Å². The van der Waals surface area contributed by atoms with Crippen LogP contribution >= 0.6 is 11.3 Å². The quantitative estimate of drug-likeness (QED) is 0.790.